The van der Waals surface area contributed by atoms with Crippen molar-refractivity contribution in [2.24, 2.45) is 0 Å². The summed E-state index contributed by atoms with van der Waals surface area (Å²) in [6, 6.07) is 8.86. The molecule has 1 N–H and O–H groups in total. The van der Waals surface area contributed by atoms with E-state index >= 15 is 0 Å². The number of nitrogens with zero attached hydrogens (tertiary/aromatic N) is 1. The number of benzene rings is 2. The molecular formula is C15H11F3N2O2S. The molecule has 0 radical (unpaired) electrons. The molecule has 2 rings (SSSR count). The van der Waals surface area contributed by atoms with E-state index < -0.39 is 16.7 Å². The Morgan fingerprint density at radius 1 is 1.17 bits per heavy atom. The third kappa shape index (κ3) is 4.04. The Kier molecular flexibility index (Phi) is 4.65. The molecule has 2 aromatic rings. The first kappa shape index (κ1) is 16.9. The number of hydrogen-bond donors (Lipinski definition) is 1. The summed E-state index contributed by atoms with van der Waals surface area (Å²) in [5.41, 5.74) is 0.449. The lowest BCUT2D eigenvalue weighted by Crippen LogP contribution is -2.12. The van der Waals surface area contributed by atoms with Crippen LogP contribution >= 0.6 is 12.2 Å². The van der Waals surface area contributed by atoms with Crippen LogP contribution in [0.25, 0.3) is 0 Å². The van der Waals surface area contributed by atoms with Gasteiger partial charge in [0, 0.05) is 22.9 Å². The number of rotatable bonds is 3. The zero-order valence-corrected chi connectivity index (χ0v) is 12.7. The smallest absolute Gasteiger partial charge is 0.346 e. The second-order valence-corrected chi connectivity index (χ2v) is 5.20. The Labute approximate surface area is 135 Å². The van der Waals surface area contributed by atoms with Crippen LogP contribution in [0.4, 0.5) is 24.5 Å². The first-order chi connectivity index (χ1) is 10.7. The molecule has 4 nitrogen and oxygen atoms in total. The predicted molar refractivity (Wildman–Crippen MR) is 84.6 cm³/mol. The van der Waals surface area contributed by atoms with Crippen LogP contribution in [0, 0.1) is 17.0 Å². The van der Waals surface area contributed by atoms with Crippen molar-refractivity contribution in [3.63, 3.8) is 0 Å². The molecule has 0 aromatic heterocycles. The second-order valence-electron chi connectivity index (χ2n) is 4.79. The van der Waals surface area contributed by atoms with Gasteiger partial charge in [-0.05, 0) is 25.1 Å². The Balaban J connectivity index is 2.19. The van der Waals surface area contributed by atoms with E-state index in [2.05, 4.69) is 5.32 Å². The van der Waals surface area contributed by atoms with Gasteiger partial charge in [0.1, 0.15) is 4.99 Å². The number of thiocarbonyl (C=S) groups is 1. The lowest BCUT2D eigenvalue weighted by Gasteiger charge is -2.10. The van der Waals surface area contributed by atoms with Crippen molar-refractivity contribution in [3.05, 3.63) is 69.3 Å². The van der Waals surface area contributed by atoms with Gasteiger partial charge in [-0.1, -0.05) is 30.4 Å². The number of anilines is 1. The van der Waals surface area contributed by atoms with Crippen LogP contribution in [0.15, 0.2) is 42.5 Å². The summed E-state index contributed by atoms with van der Waals surface area (Å²) in [7, 11) is 0. The summed E-state index contributed by atoms with van der Waals surface area (Å²) in [6.07, 6.45) is -4.41. The van der Waals surface area contributed by atoms with E-state index in [1.54, 1.807) is 19.1 Å². The van der Waals surface area contributed by atoms with E-state index in [9.17, 15) is 23.3 Å². The molecule has 120 valence electrons. The third-order valence-electron chi connectivity index (χ3n) is 3.14. The van der Waals surface area contributed by atoms with E-state index in [1.807, 2.05) is 0 Å². The van der Waals surface area contributed by atoms with E-state index in [0.29, 0.717) is 16.8 Å². The molecule has 0 aliphatic rings. The lowest BCUT2D eigenvalue weighted by atomic mass is 10.1. The number of hydrogen-bond acceptors (Lipinski definition) is 3. The van der Waals surface area contributed by atoms with Crippen LogP contribution in [0.5, 0.6) is 0 Å². The summed E-state index contributed by atoms with van der Waals surface area (Å²) in [5.74, 6) is 0. The highest BCUT2D eigenvalue weighted by molar-refractivity contribution is 7.81. The lowest BCUT2D eigenvalue weighted by molar-refractivity contribution is -0.385. The van der Waals surface area contributed by atoms with E-state index in [0.717, 1.165) is 12.1 Å². The van der Waals surface area contributed by atoms with E-state index in [-0.39, 0.29) is 10.7 Å². The van der Waals surface area contributed by atoms with Gasteiger partial charge in [-0.25, -0.2) is 0 Å². The monoisotopic (exact) mass is 340 g/mol. The summed E-state index contributed by atoms with van der Waals surface area (Å²) in [5, 5.41) is 13.7. The van der Waals surface area contributed by atoms with Crippen molar-refractivity contribution in [3.8, 4) is 0 Å². The van der Waals surface area contributed by atoms with Crippen LogP contribution < -0.4 is 5.32 Å². The molecule has 0 saturated heterocycles. The molecule has 0 spiro atoms. The Bertz CT molecular complexity index is 758. The second kappa shape index (κ2) is 6.33. The van der Waals surface area contributed by atoms with Gasteiger partial charge in [0.2, 0.25) is 0 Å². The quantitative estimate of drug-likeness (QED) is 0.499. The minimum absolute atomic E-state index is 0.0646. The molecule has 0 atom stereocenters. The summed E-state index contributed by atoms with van der Waals surface area (Å²) < 4.78 is 37.5. The first-order valence-electron chi connectivity index (χ1n) is 6.42. The molecule has 2 aromatic carbocycles. The van der Waals surface area contributed by atoms with Crippen molar-refractivity contribution < 1.29 is 18.1 Å². The number of alkyl halides is 3. The number of nitro groups is 1. The molecule has 0 amide bonds. The molecule has 0 aliphatic carbocycles. The standard InChI is InChI=1S/C15H11F3N2O2S/c1-9-2-7-12(8-13(9)20(21)22)19-14(23)10-3-5-11(6-4-10)15(16,17)18/h2-8H,1H3,(H,19,23). The van der Waals surface area contributed by atoms with E-state index in [4.69, 9.17) is 12.2 Å². The number of halogens is 3. The van der Waals surface area contributed by atoms with Gasteiger partial charge in [-0.3, -0.25) is 10.1 Å². The van der Waals surface area contributed by atoms with Crippen LogP contribution in [0.1, 0.15) is 16.7 Å². The third-order valence-corrected chi connectivity index (χ3v) is 3.48. The van der Waals surface area contributed by atoms with Crippen molar-refractivity contribution in [1.29, 1.82) is 0 Å². The van der Waals surface area contributed by atoms with Gasteiger partial charge in [-0.15, -0.1) is 0 Å². The first-order valence-corrected chi connectivity index (χ1v) is 6.83. The summed E-state index contributed by atoms with van der Waals surface area (Å²) in [4.78, 5) is 10.6. The highest BCUT2D eigenvalue weighted by Crippen LogP contribution is 2.29. The zero-order chi connectivity index (χ0) is 17.2. The van der Waals surface area contributed by atoms with Gasteiger partial charge in [0.15, 0.2) is 0 Å². The Hall–Kier alpha value is -2.48. The molecule has 8 heteroatoms. The van der Waals surface area contributed by atoms with E-state index in [1.165, 1.54) is 18.2 Å². The van der Waals surface area contributed by atoms with Crippen molar-refractivity contribution in [2.75, 3.05) is 5.32 Å². The fourth-order valence-corrected chi connectivity index (χ4v) is 2.15. The van der Waals surface area contributed by atoms with Crippen LogP contribution in [-0.2, 0) is 6.18 Å². The highest BCUT2D eigenvalue weighted by Gasteiger charge is 2.30. The Morgan fingerprint density at radius 3 is 2.30 bits per heavy atom. The summed E-state index contributed by atoms with van der Waals surface area (Å²) >= 11 is 5.12. The number of aryl methyl sites for hydroxylation is 1. The maximum Gasteiger partial charge on any atom is 0.416 e. The van der Waals surface area contributed by atoms with Crippen molar-refractivity contribution in [2.45, 2.75) is 13.1 Å². The average Bonchev–Trinajstić information content (AvgIpc) is 2.48. The van der Waals surface area contributed by atoms with Gasteiger partial charge >= 0.3 is 6.18 Å². The molecule has 0 fully saturated rings. The minimum atomic E-state index is -4.41. The van der Waals surface area contributed by atoms with Crippen LogP contribution in [-0.4, -0.2) is 9.91 Å². The Morgan fingerprint density at radius 2 is 1.78 bits per heavy atom. The van der Waals surface area contributed by atoms with Crippen LogP contribution in [0.2, 0.25) is 0 Å². The largest absolute Gasteiger partial charge is 0.416 e. The van der Waals surface area contributed by atoms with Gasteiger partial charge in [-0.2, -0.15) is 13.2 Å². The average molecular weight is 340 g/mol. The number of nitro benzene ring substituents is 1. The SMILES string of the molecule is Cc1ccc(NC(=S)c2ccc(C(F)(F)F)cc2)cc1[N+](=O)[O-]. The minimum Gasteiger partial charge on any atom is -0.346 e. The molecule has 0 bridgehead atoms. The molecule has 23 heavy (non-hydrogen) atoms. The van der Waals surface area contributed by atoms with Gasteiger partial charge in [0.05, 0.1) is 10.5 Å². The maximum atomic E-state index is 12.5. The molecule has 0 unspecified atom stereocenters. The van der Waals surface area contributed by atoms with Crippen LogP contribution in [0.3, 0.4) is 0 Å². The molecule has 0 heterocycles. The zero-order valence-electron chi connectivity index (χ0n) is 11.8. The normalized spacial score (nSPS) is 11.1. The molecule has 0 aliphatic heterocycles. The predicted octanol–water partition coefficient (Wildman–Crippen LogP) is 4.71. The number of nitrogens with one attached hydrogen (secondary N) is 1. The van der Waals surface area contributed by atoms with Crippen molar-refractivity contribution in [1.82, 2.24) is 0 Å². The highest BCUT2D eigenvalue weighted by atomic mass is 32.1. The van der Waals surface area contributed by atoms with Gasteiger partial charge < -0.3 is 5.32 Å². The topological polar surface area (TPSA) is 55.2 Å². The van der Waals surface area contributed by atoms with Crippen molar-refractivity contribution >= 4 is 28.6 Å². The fourth-order valence-electron chi connectivity index (χ4n) is 1.90. The summed E-state index contributed by atoms with van der Waals surface area (Å²) in [6.45, 7) is 1.61. The fraction of sp³-hybridized carbons (Fsp3) is 0.133. The van der Waals surface area contributed by atoms with Gasteiger partial charge in [0.25, 0.3) is 5.69 Å². The maximum absolute atomic E-state index is 12.5. The molecule has 0 saturated carbocycles. The molecular weight excluding hydrogens is 329 g/mol.